The van der Waals surface area contributed by atoms with Crippen LogP contribution in [0.1, 0.15) is 44.9 Å². The van der Waals surface area contributed by atoms with Crippen LogP contribution < -0.4 is 0 Å². The lowest BCUT2D eigenvalue weighted by molar-refractivity contribution is -0.0580. The van der Waals surface area contributed by atoms with E-state index in [0.29, 0.717) is 11.8 Å². The molecule has 3 fully saturated rings. The van der Waals surface area contributed by atoms with Crippen molar-refractivity contribution >= 4 is 0 Å². The summed E-state index contributed by atoms with van der Waals surface area (Å²) in [5, 5.41) is 10.3. The molecule has 2 aliphatic carbocycles. The van der Waals surface area contributed by atoms with E-state index in [1.807, 2.05) is 0 Å². The van der Waals surface area contributed by atoms with E-state index < -0.39 is 0 Å². The zero-order valence-corrected chi connectivity index (χ0v) is 9.57. The maximum atomic E-state index is 10.3. The Hall–Kier alpha value is -0.0800. The lowest BCUT2D eigenvalue weighted by Crippen LogP contribution is -2.51. The minimum Gasteiger partial charge on any atom is -0.392 e. The predicted molar refractivity (Wildman–Crippen MR) is 60.7 cm³/mol. The van der Waals surface area contributed by atoms with Crippen LogP contribution in [0.15, 0.2) is 0 Å². The van der Waals surface area contributed by atoms with Gasteiger partial charge in [0.05, 0.1) is 6.10 Å². The van der Waals surface area contributed by atoms with Crippen LogP contribution in [0.25, 0.3) is 0 Å². The van der Waals surface area contributed by atoms with Gasteiger partial charge in [-0.05, 0) is 57.5 Å². The van der Waals surface area contributed by atoms with Gasteiger partial charge in [-0.3, -0.25) is 0 Å². The monoisotopic (exact) mass is 209 g/mol. The van der Waals surface area contributed by atoms with Gasteiger partial charge in [-0.15, -0.1) is 0 Å². The smallest absolute Gasteiger partial charge is 0.0611 e. The fourth-order valence-electron chi connectivity index (χ4n) is 4.17. The number of rotatable bonds is 1. The fraction of sp³-hybridized carbons (Fsp3) is 1.00. The zero-order chi connectivity index (χ0) is 10.3. The van der Waals surface area contributed by atoms with Crippen LogP contribution in [0.3, 0.4) is 0 Å². The summed E-state index contributed by atoms with van der Waals surface area (Å²) in [6, 6.07) is 0.721. The average Bonchev–Trinajstić information content (AvgIpc) is 2.70. The highest BCUT2D eigenvalue weighted by Crippen LogP contribution is 2.42. The maximum absolute atomic E-state index is 10.3. The third kappa shape index (κ3) is 1.72. The standard InChI is InChI=1S/C13H23NO/c15-13-10-4-3-5-11(13)12(7-6-10)14-8-1-2-9-14/h10-13,15H,1-9H2/t10-,11+,12-,13-/m0/s1. The highest BCUT2D eigenvalue weighted by molar-refractivity contribution is 4.96. The Labute approximate surface area is 92.7 Å². The second-order valence-electron chi connectivity index (χ2n) is 5.73. The number of likely N-dealkylation sites (tertiary alicyclic amines) is 1. The van der Waals surface area contributed by atoms with Crippen LogP contribution >= 0.6 is 0 Å². The zero-order valence-electron chi connectivity index (χ0n) is 9.57. The summed E-state index contributed by atoms with van der Waals surface area (Å²) in [7, 11) is 0. The molecule has 2 saturated carbocycles. The van der Waals surface area contributed by atoms with Crippen molar-refractivity contribution in [3.05, 3.63) is 0 Å². The third-order valence-corrected chi connectivity index (χ3v) is 4.97. The Kier molecular flexibility index (Phi) is 2.73. The van der Waals surface area contributed by atoms with E-state index >= 15 is 0 Å². The number of hydrogen-bond acceptors (Lipinski definition) is 2. The average molecular weight is 209 g/mol. The molecule has 15 heavy (non-hydrogen) atoms. The molecule has 2 nitrogen and oxygen atoms in total. The number of hydrogen-bond donors (Lipinski definition) is 1. The molecule has 4 atom stereocenters. The van der Waals surface area contributed by atoms with Crippen molar-refractivity contribution in [3.8, 4) is 0 Å². The van der Waals surface area contributed by atoms with Crippen molar-refractivity contribution in [2.45, 2.75) is 57.1 Å². The van der Waals surface area contributed by atoms with Crippen molar-refractivity contribution in [1.29, 1.82) is 0 Å². The highest BCUT2D eigenvalue weighted by Gasteiger charge is 2.43. The summed E-state index contributed by atoms with van der Waals surface area (Å²) in [6.45, 7) is 2.58. The third-order valence-electron chi connectivity index (χ3n) is 4.97. The van der Waals surface area contributed by atoms with Gasteiger partial charge in [0.1, 0.15) is 0 Å². The van der Waals surface area contributed by atoms with E-state index in [4.69, 9.17) is 0 Å². The topological polar surface area (TPSA) is 23.5 Å². The van der Waals surface area contributed by atoms with Crippen molar-refractivity contribution in [2.75, 3.05) is 13.1 Å². The van der Waals surface area contributed by atoms with Crippen LogP contribution in [0.2, 0.25) is 0 Å². The van der Waals surface area contributed by atoms with Crippen LogP contribution in [0.5, 0.6) is 0 Å². The first-order valence-electron chi connectivity index (χ1n) is 6.78. The summed E-state index contributed by atoms with van der Waals surface area (Å²) in [5.41, 5.74) is 0. The van der Waals surface area contributed by atoms with Gasteiger partial charge in [-0.2, -0.15) is 0 Å². The van der Waals surface area contributed by atoms with Gasteiger partial charge >= 0.3 is 0 Å². The minimum atomic E-state index is 0.0260. The van der Waals surface area contributed by atoms with Crippen LogP contribution in [0, 0.1) is 11.8 Å². The molecule has 1 saturated heterocycles. The van der Waals surface area contributed by atoms with E-state index in [1.165, 1.54) is 58.0 Å². The fourth-order valence-corrected chi connectivity index (χ4v) is 4.17. The molecule has 3 aliphatic rings. The Balaban J connectivity index is 1.73. The Morgan fingerprint density at radius 1 is 0.867 bits per heavy atom. The van der Waals surface area contributed by atoms with Crippen LogP contribution in [-0.4, -0.2) is 35.2 Å². The molecule has 0 radical (unpaired) electrons. The molecular weight excluding hydrogens is 186 g/mol. The van der Waals surface area contributed by atoms with E-state index in [2.05, 4.69) is 4.90 Å². The van der Waals surface area contributed by atoms with E-state index in [-0.39, 0.29) is 6.10 Å². The summed E-state index contributed by atoms with van der Waals surface area (Å²) in [5.74, 6) is 1.25. The number of fused-ring (bicyclic) bond motifs is 2. The van der Waals surface area contributed by atoms with E-state index in [1.54, 1.807) is 0 Å². The lowest BCUT2D eigenvalue weighted by Gasteiger charge is -2.47. The molecule has 0 spiro atoms. The Bertz CT molecular complexity index is 225. The Morgan fingerprint density at radius 2 is 1.67 bits per heavy atom. The first-order valence-corrected chi connectivity index (χ1v) is 6.78. The van der Waals surface area contributed by atoms with Gasteiger partial charge in [0.15, 0.2) is 0 Å². The maximum Gasteiger partial charge on any atom is 0.0611 e. The van der Waals surface area contributed by atoms with Crippen LogP contribution in [0.4, 0.5) is 0 Å². The molecule has 1 aliphatic heterocycles. The predicted octanol–water partition coefficient (Wildman–Crippen LogP) is 2.02. The van der Waals surface area contributed by atoms with E-state index in [0.717, 1.165) is 6.04 Å². The first kappa shape index (κ1) is 10.1. The Morgan fingerprint density at radius 3 is 2.47 bits per heavy atom. The second-order valence-corrected chi connectivity index (χ2v) is 5.73. The molecule has 0 amide bonds. The van der Waals surface area contributed by atoms with Gasteiger partial charge in [-0.25, -0.2) is 0 Å². The van der Waals surface area contributed by atoms with Gasteiger partial charge in [-0.1, -0.05) is 6.42 Å². The number of aliphatic hydroxyl groups is 1. The molecular formula is C13H23NO. The molecule has 3 rings (SSSR count). The first-order chi connectivity index (χ1) is 7.36. The van der Waals surface area contributed by atoms with E-state index in [9.17, 15) is 5.11 Å². The molecule has 1 N–H and O–H groups in total. The van der Waals surface area contributed by atoms with Crippen molar-refractivity contribution in [1.82, 2.24) is 4.90 Å². The molecule has 0 unspecified atom stereocenters. The quantitative estimate of drug-likeness (QED) is 0.714. The van der Waals surface area contributed by atoms with Crippen LogP contribution in [-0.2, 0) is 0 Å². The summed E-state index contributed by atoms with van der Waals surface area (Å²) in [4.78, 5) is 2.66. The number of nitrogens with zero attached hydrogens (tertiary/aromatic N) is 1. The molecule has 2 heteroatoms. The second kappa shape index (κ2) is 4.06. The molecule has 1 heterocycles. The van der Waals surface area contributed by atoms with Gasteiger partial charge in [0.25, 0.3) is 0 Å². The molecule has 0 aromatic heterocycles. The molecule has 2 bridgehead atoms. The highest BCUT2D eigenvalue weighted by atomic mass is 16.3. The molecule has 0 aromatic rings. The summed E-state index contributed by atoms with van der Waals surface area (Å²) >= 11 is 0. The van der Waals surface area contributed by atoms with Crippen molar-refractivity contribution < 1.29 is 5.11 Å². The van der Waals surface area contributed by atoms with Crippen molar-refractivity contribution in [2.24, 2.45) is 11.8 Å². The largest absolute Gasteiger partial charge is 0.392 e. The van der Waals surface area contributed by atoms with Crippen molar-refractivity contribution in [3.63, 3.8) is 0 Å². The molecule has 86 valence electrons. The number of aliphatic hydroxyl groups excluding tert-OH is 1. The van der Waals surface area contributed by atoms with Gasteiger partial charge < -0.3 is 10.0 Å². The van der Waals surface area contributed by atoms with Gasteiger partial charge in [0.2, 0.25) is 0 Å². The van der Waals surface area contributed by atoms with Gasteiger partial charge in [0, 0.05) is 12.0 Å². The summed E-state index contributed by atoms with van der Waals surface area (Å²) in [6.07, 6.45) is 9.33. The normalized spacial score (nSPS) is 47.0. The lowest BCUT2D eigenvalue weighted by atomic mass is 9.67. The minimum absolute atomic E-state index is 0.0260. The SMILES string of the molecule is O[C@H]1[C@H]2CCC[C@@H]1[C@@H](N1CCCC1)CC2. The molecule has 0 aromatic carbocycles. The summed E-state index contributed by atoms with van der Waals surface area (Å²) < 4.78 is 0.